The lowest BCUT2D eigenvalue weighted by Gasteiger charge is -2.22. The lowest BCUT2D eigenvalue weighted by Crippen LogP contribution is -2.30. The van der Waals surface area contributed by atoms with Crippen LogP contribution in [0.1, 0.15) is 25.5 Å². The molecule has 1 atom stereocenters. The predicted molar refractivity (Wildman–Crippen MR) is 103 cm³/mol. The third kappa shape index (κ3) is 2.75. The first-order valence-electron chi connectivity index (χ1n) is 9.44. The van der Waals surface area contributed by atoms with Crippen molar-refractivity contribution in [2.45, 2.75) is 38.9 Å². The van der Waals surface area contributed by atoms with Crippen molar-refractivity contribution in [1.82, 2.24) is 24.6 Å². The second-order valence-corrected chi connectivity index (χ2v) is 7.21. The molecule has 2 aliphatic rings. The van der Waals surface area contributed by atoms with E-state index in [1.54, 1.807) is 6.20 Å². The van der Waals surface area contributed by atoms with Crippen molar-refractivity contribution in [3.8, 4) is 17.2 Å². The smallest absolute Gasteiger partial charge is 0.227 e. The molecule has 0 unspecified atom stereocenters. The van der Waals surface area contributed by atoms with Crippen molar-refractivity contribution in [2.24, 2.45) is 0 Å². The second-order valence-electron chi connectivity index (χ2n) is 7.21. The zero-order chi connectivity index (χ0) is 18.4. The number of benzene rings is 1. The van der Waals surface area contributed by atoms with Crippen molar-refractivity contribution in [3.63, 3.8) is 0 Å². The molecule has 4 heterocycles. The molecular formula is C20H22N6O. The van der Waals surface area contributed by atoms with Gasteiger partial charge in [-0.15, -0.1) is 0 Å². The molecule has 0 aliphatic carbocycles. The van der Waals surface area contributed by atoms with Crippen molar-refractivity contribution < 1.29 is 4.79 Å². The first-order chi connectivity index (χ1) is 13.2. The van der Waals surface area contributed by atoms with Crippen LogP contribution in [0.3, 0.4) is 0 Å². The number of hydrogen-bond donors (Lipinski definition) is 1. The molecule has 27 heavy (non-hydrogen) atoms. The van der Waals surface area contributed by atoms with Crippen molar-refractivity contribution >= 4 is 11.6 Å². The van der Waals surface area contributed by atoms with Gasteiger partial charge in [0.25, 0.3) is 0 Å². The highest BCUT2D eigenvalue weighted by Crippen LogP contribution is 2.28. The topological polar surface area (TPSA) is 68.0 Å². The van der Waals surface area contributed by atoms with Gasteiger partial charge < -0.3 is 10.2 Å². The summed E-state index contributed by atoms with van der Waals surface area (Å²) in [6, 6.07) is 10.5. The summed E-state index contributed by atoms with van der Waals surface area (Å²) in [6.07, 6.45) is 5.30. The monoisotopic (exact) mass is 362 g/mol. The first kappa shape index (κ1) is 16.3. The van der Waals surface area contributed by atoms with Crippen LogP contribution in [-0.2, 0) is 17.9 Å². The minimum Gasteiger partial charge on any atom is -0.310 e. The van der Waals surface area contributed by atoms with Gasteiger partial charge in [-0.2, -0.15) is 5.10 Å². The molecule has 2 aromatic heterocycles. The van der Waals surface area contributed by atoms with E-state index in [1.807, 2.05) is 44.6 Å². The normalized spacial score (nSPS) is 19.5. The van der Waals surface area contributed by atoms with Crippen molar-refractivity contribution in [2.75, 3.05) is 11.4 Å². The zero-order valence-corrected chi connectivity index (χ0v) is 15.3. The summed E-state index contributed by atoms with van der Waals surface area (Å²) in [6.45, 7) is 4.76. The third-order valence-corrected chi connectivity index (χ3v) is 5.43. The standard InChI is InChI=1S/C20H22N6O/c1-14-2-7-19(27)26(14)16-5-3-15(4-6-16)24-10-9-22-20(24)18-12-17-13-21-8-11-25(17)23-18/h3-6,9-10,12,14,21H,2,7-8,11,13H2,1H3/t14-/m0/s1. The molecule has 1 fully saturated rings. The van der Waals surface area contributed by atoms with Gasteiger partial charge in [-0.25, -0.2) is 4.98 Å². The maximum absolute atomic E-state index is 12.1. The fourth-order valence-corrected chi connectivity index (χ4v) is 4.00. The van der Waals surface area contributed by atoms with Crippen LogP contribution < -0.4 is 10.2 Å². The molecule has 0 saturated carbocycles. The molecule has 3 aromatic rings. The molecule has 1 N–H and O–H groups in total. The Hall–Kier alpha value is -2.93. The van der Waals surface area contributed by atoms with E-state index in [-0.39, 0.29) is 11.9 Å². The number of hydrogen-bond acceptors (Lipinski definition) is 4. The Balaban J connectivity index is 1.47. The summed E-state index contributed by atoms with van der Waals surface area (Å²) in [5, 5.41) is 8.09. The van der Waals surface area contributed by atoms with Crippen LogP contribution in [-0.4, -0.2) is 37.8 Å². The largest absolute Gasteiger partial charge is 0.310 e. The Bertz CT molecular complexity index is 963. The number of aromatic nitrogens is 4. The van der Waals surface area contributed by atoms with Gasteiger partial charge in [-0.3, -0.25) is 14.0 Å². The Kier molecular flexibility index (Phi) is 3.82. The lowest BCUT2D eigenvalue weighted by atomic mass is 10.2. The first-order valence-corrected chi connectivity index (χ1v) is 9.44. The molecule has 1 saturated heterocycles. The van der Waals surface area contributed by atoms with Crippen molar-refractivity contribution in [3.05, 3.63) is 48.4 Å². The molecule has 0 spiro atoms. The molecule has 0 bridgehead atoms. The zero-order valence-electron chi connectivity index (χ0n) is 15.3. The van der Waals surface area contributed by atoms with Crippen LogP contribution in [0.4, 0.5) is 5.69 Å². The average molecular weight is 362 g/mol. The van der Waals surface area contributed by atoms with E-state index in [4.69, 9.17) is 5.10 Å². The summed E-state index contributed by atoms with van der Waals surface area (Å²) in [5.41, 5.74) is 4.03. The van der Waals surface area contributed by atoms with E-state index < -0.39 is 0 Å². The highest BCUT2D eigenvalue weighted by atomic mass is 16.2. The fourth-order valence-electron chi connectivity index (χ4n) is 4.00. The summed E-state index contributed by atoms with van der Waals surface area (Å²) in [7, 11) is 0. The van der Waals surface area contributed by atoms with E-state index in [1.165, 1.54) is 5.69 Å². The lowest BCUT2D eigenvalue weighted by molar-refractivity contribution is -0.117. The minimum absolute atomic E-state index is 0.204. The van der Waals surface area contributed by atoms with Gasteiger partial charge >= 0.3 is 0 Å². The van der Waals surface area contributed by atoms with Crippen LogP contribution >= 0.6 is 0 Å². The number of carbonyl (C=O) groups excluding carboxylic acids is 1. The number of fused-ring (bicyclic) bond motifs is 1. The van der Waals surface area contributed by atoms with Crippen LogP contribution in [0, 0.1) is 0 Å². The van der Waals surface area contributed by atoms with Gasteiger partial charge in [0, 0.05) is 49.3 Å². The fraction of sp³-hybridized carbons (Fsp3) is 0.350. The number of carbonyl (C=O) groups is 1. The highest BCUT2D eigenvalue weighted by molar-refractivity contribution is 5.96. The maximum Gasteiger partial charge on any atom is 0.227 e. The molecule has 7 nitrogen and oxygen atoms in total. The summed E-state index contributed by atoms with van der Waals surface area (Å²) in [4.78, 5) is 18.6. The second kappa shape index (κ2) is 6.35. The van der Waals surface area contributed by atoms with Crippen LogP contribution in [0.15, 0.2) is 42.7 Å². The number of rotatable bonds is 3. The quantitative estimate of drug-likeness (QED) is 0.777. The van der Waals surface area contributed by atoms with E-state index in [0.29, 0.717) is 6.42 Å². The number of nitrogens with one attached hydrogen (secondary N) is 1. The van der Waals surface area contributed by atoms with Gasteiger partial charge in [0.1, 0.15) is 5.69 Å². The van der Waals surface area contributed by atoms with E-state index in [2.05, 4.69) is 23.3 Å². The Morgan fingerprint density at radius 3 is 2.74 bits per heavy atom. The number of amides is 1. The van der Waals surface area contributed by atoms with Gasteiger partial charge in [-0.1, -0.05) is 0 Å². The number of imidazole rings is 1. The Morgan fingerprint density at radius 2 is 2.00 bits per heavy atom. The average Bonchev–Trinajstić information content (AvgIpc) is 3.40. The van der Waals surface area contributed by atoms with Gasteiger partial charge in [-0.05, 0) is 43.7 Å². The highest BCUT2D eigenvalue weighted by Gasteiger charge is 2.28. The maximum atomic E-state index is 12.1. The SMILES string of the molecule is C[C@H]1CCC(=O)N1c1ccc(-n2ccnc2-c2cc3n(n2)CCNC3)cc1. The van der Waals surface area contributed by atoms with E-state index >= 15 is 0 Å². The van der Waals surface area contributed by atoms with Gasteiger partial charge in [0.15, 0.2) is 5.82 Å². The van der Waals surface area contributed by atoms with Crippen LogP contribution in [0.2, 0.25) is 0 Å². The Morgan fingerprint density at radius 1 is 1.19 bits per heavy atom. The number of anilines is 1. The predicted octanol–water partition coefficient (Wildman–Crippen LogP) is 2.35. The Labute approximate surface area is 157 Å². The third-order valence-electron chi connectivity index (χ3n) is 5.43. The van der Waals surface area contributed by atoms with Gasteiger partial charge in [0.05, 0.1) is 12.2 Å². The summed E-state index contributed by atoms with van der Waals surface area (Å²) >= 11 is 0. The summed E-state index contributed by atoms with van der Waals surface area (Å²) < 4.78 is 4.09. The molecule has 1 aromatic carbocycles. The van der Waals surface area contributed by atoms with E-state index in [0.717, 1.165) is 48.9 Å². The molecule has 138 valence electrons. The molecule has 0 radical (unpaired) electrons. The van der Waals surface area contributed by atoms with Gasteiger partial charge in [0.2, 0.25) is 5.91 Å². The number of nitrogens with zero attached hydrogens (tertiary/aromatic N) is 5. The van der Waals surface area contributed by atoms with Crippen molar-refractivity contribution in [1.29, 1.82) is 0 Å². The molecule has 1 amide bonds. The minimum atomic E-state index is 0.204. The van der Waals surface area contributed by atoms with Crippen LogP contribution in [0.5, 0.6) is 0 Å². The molecule has 5 rings (SSSR count). The summed E-state index contributed by atoms with van der Waals surface area (Å²) in [5.74, 6) is 1.03. The molecular weight excluding hydrogens is 340 g/mol. The molecule has 7 heteroatoms. The van der Waals surface area contributed by atoms with E-state index in [9.17, 15) is 4.79 Å². The molecule has 2 aliphatic heterocycles. The van der Waals surface area contributed by atoms with Crippen LogP contribution in [0.25, 0.3) is 17.2 Å².